The Hall–Kier alpha value is -4.73. The topological polar surface area (TPSA) is 92.6 Å². The number of Topliss-reactive ketones (excluding diaryl/α,β-unsaturated/α-hetero) is 1. The Labute approximate surface area is 283 Å². The molecule has 0 saturated carbocycles. The van der Waals surface area contributed by atoms with Gasteiger partial charge in [-0.15, -0.1) is 10.2 Å². The molecule has 5 aromatic rings. The van der Waals surface area contributed by atoms with Gasteiger partial charge in [0.25, 0.3) is 5.78 Å². The molecule has 1 amide bonds. The van der Waals surface area contributed by atoms with Crippen molar-refractivity contribution >= 4 is 45.7 Å². The lowest BCUT2D eigenvalue weighted by molar-refractivity contribution is -0.132. The number of carbonyl (C=O) groups excluding carboxylic acids is 2. The van der Waals surface area contributed by atoms with Gasteiger partial charge in [0, 0.05) is 11.3 Å². The van der Waals surface area contributed by atoms with Gasteiger partial charge in [0.2, 0.25) is 5.13 Å². The Balaban J connectivity index is 1.31. The third-order valence-electron chi connectivity index (χ3n) is 8.23. The zero-order valence-corrected chi connectivity index (χ0v) is 28.3. The zero-order valence-electron chi connectivity index (χ0n) is 26.6. The highest BCUT2D eigenvalue weighted by Crippen LogP contribution is 2.44. The first-order chi connectivity index (χ1) is 22.7. The lowest BCUT2D eigenvalue weighted by atomic mass is 9.93. The quantitative estimate of drug-likeness (QED) is 0.0526. The Morgan fingerprint density at radius 1 is 0.915 bits per heavy atom. The molecule has 238 valence electrons. The van der Waals surface area contributed by atoms with Crippen molar-refractivity contribution in [2.24, 2.45) is 0 Å². The van der Waals surface area contributed by atoms with Crippen LogP contribution in [0.25, 0.3) is 5.76 Å². The number of aryl methyl sites for hydroxylation is 2. The van der Waals surface area contributed by atoms with E-state index in [1.165, 1.54) is 33.6 Å². The zero-order chi connectivity index (χ0) is 33.1. The van der Waals surface area contributed by atoms with E-state index in [1.807, 2.05) is 62.4 Å². The summed E-state index contributed by atoms with van der Waals surface area (Å²) < 4.78 is 6.66. The van der Waals surface area contributed by atoms with Crippen LogP contribution < -0.4 is 9.64 Å². The summed E-state index contributed by atoms with van der Waals surface area (Å²) in [5.74, 6) is -0.168. The fourth-order valence-corrected chi connectivity index (χ4v) is 7.22. The van der Waals surface area contributed by atoms with Gasteiger partial charge in [-0.1, -0.05) is 115 Å². The molecular formula is C38H35N3O4S2. The fourth-order valence-electron chi connectivity index (χ4n) is 5.39. The van der Waals surface area contributed by atoms with Gasteiger partial charge in [-0.3, -0.25) is 14.5 Å². The van der Waals surface area contributed by atoms with E-state index >= 15 is 0 Å². The maximum atomic E-state index is 13.7. The monoisotopic (exact) mass is 661 g/mol. The summed E-state index contributed by atoms with van der Waals surface area (Å²) in [4.78, 5) is 28.7. The molecule has 47 heavy (non-hydrogen) atoms. The maximum absolute atomic E-state index is 13.7. The molecule has 0 bridgehead atoms. The van der Waals surface area contributed by atoms with Crippen LogP contribution in [0.1, 0.15) is 64.8 Å². The van der Waals surface area contributed by atoms with Crippen LogP contribution in [0.4, 0.5) is 5.13 Å². The Morgan fingerprint density at radius 2 is 1.62 bits per heavy atom. The fraction of sp³-hybridized carbons (Fsp3) is 0.211. The van der Waals surface area contributed by atoms with Gasteiger partial charge in [0.15, 0.2) is 4.34 Å². The molecule has 9 heteroatoms. The Morgan fingerprint density at radius 3 is 2.30 bits per heavy atom. The molecule has 1 aliphatic rings. The molecule has 4 aromatic carbocycles. The number of nitrogens with zero attached hydrogens (tertiary/aromatic N) is 3. The molecule has 2 heterocycles. The van der Waals surface area contributed by atoms with Gasteiger partial charge in [0.1, 0.15) is 18.1 Å². The Bertz CT molecular complexity index is 1930. The molecule has 1 aliphatic heterocycles. The molecule has 1 aromatic heterocycles. The second kappa shape index (κ2) is 13.9. The van der Waals surface area contributed by atoms with E-state index in [4.69, 9.17) is 4.74 Å². The van der Waals surface area contributed by atoms with E-state index in [0.29, 0.717) is 44.6 Å². The van der Waals surface area contributed by atoms with Crippen molar-refractivity contribution in [1.82, 2.24) is 10.2 Å². The van der Waals surface area contributed by atoms with Crippen LogP contribution in [0.2, 0.25) is 0 Å². The molecule has 0 aliphatic carbocycles. The molecule has 1 unspecified atom stereocenters. The van der Waals surface area contributed by atoms with E-state index in [-0.39, 0.29) is 11.3 Å². The largest absolute Gasteiger partial charge is 0.507 e. The number of amides is 1. The van der Waals surface area contributed by atoms with Crippen LogP contribution in [0.5, 0.6) is 5.75 Å². The summed E-state index contributed by atoms with van der Waals surface area (Å²) in [7, 11) is 0. The highest BCUT2D eigenvalue weighted by Gasteiger charge is 2.48. The summed E-state index contributed by atoms with van der Waals surface area (Å²) >= 11 is 2.77. The highest BCUT2D eigenvalue weighted by molar-refractivity contribution is 8.00. The second-order valence-electron chi connectivity index (χ2n) is 11.9. The van der Waals surface area contributed by atoms with E-state index in [9.17, 15) is 14.7 Å². The molecule has 0 radical (unpaired) electrons. The maximum Gasteiger partial charge on any atom is 0.301 e. The molecule has 1 atom stereocenters. The molecule has 1 fully saturated rings. The van der Waals surface area contributed by atoms with Crippen LogP contribution >= 0.6 is 23.1 Å². The summed E-state index contributed by atoms with van der Waals surface area (Å²) in [5.41, 5.74) is 6.78. The average molecular weight is 662 g/mol. The second-order valence-corrected chi connectivity index (χ2v) is 14.0. The number of hydrogen-bond acceptors (Lipinski definition) is 8. The first-order valence-electron chi connectivity index (χ1n) is 15.4. The number of aliphatic hydroxyl groups excluding tert-OH is 1. The minimum absolute atomic E-state index is 0.00457. The van der Waals surface area contributed by atoms with Crippen molar-refractivity contribution in [3.63, 3.8) is 0 Å². The SMILES string of the molecule is Cc1ccc(CSc2nnc(N3C(=O)C(=O)C(=C(O)c4ccc(OCc5ccccc5C)cc4)C3c3ccc(C(C)C)cc3)s2)cc1. The summed E-state index contributed by atoms with van der Waals surface area (Å²) in [5, 5.41) is 20.6. The number of thioether (sulfide) groups is 1. The van der Waals surface area contributed by atoms with Gasteiger partial charge in [-0.05, 0) is 71.8 Å². The summed E-state index contributed by atoms with van der Waals surface area (Å²) in [6.45, 7) is 8.70. The number of rotatable bonds is 10. The number of aromatic nitrogens is 2. The predicted octanol–water partition coefficient (Wildman–Crippen LogP) is 8.78. The number of ketones is 1. The van der Waals surface area contributed by atoms with Crippen molar-refractivity contribution < 1.29 is 19.4 Å². The van der Waals surface area contributed by atoms with E-state index in [0.717, 1.165) is 22.3 Å². The molecule has 7 nitrogen and oxygen atoms in total. The summed E-state index contributed by atoms with van der Waals surface area (Å²) in [6, 6.07) is 30.1. The molecular weight excluding hydrogens is 627 g/mol. The third-order valence-corrected chi connectivity index (χ3v) is 10.4. The third kappa shape index (κ3) is 7.01. The molecule has 1 saturated heterocycles. The molecule has 1 N–H and O–H groups in total. The lowest BCUT2D eigenvalue weighted by Crippen LogP contribution is -2.29. The van der Waals surface area contributed by atoms with E-state index in [2.05, 4.69) is 48.3 Å². The van der Waals surface area contributed by atoms with Gasteiger partial charge in [-0.25, -0.2) is 0 Å². The van der Waals surface area contributed by atoms with Crippen LogP contribution in [0.15, 0.2) is 107 Å². The normalized spacial score (nSPS) is 15.9. The van der Waals surface area contributed by atoms with Crippen LogP contribution in [0.3, 0.4) is 0 Å². The van der Waals surface area contributed by atoms with Crippen molar-refractivity contribution in [2.75, 3.05) is 4.90 Å². The van der Waals surface area contributed by atoms with Crippen LogP contribution in [-0.4, -0.2) is 27.0 Å². The minimum atomic E-state index is -0.879. The first kappa shape index (κ1) is 32.2. The number of hydrogen-bond donors (Lipinski definition) is 1. The first-order valence-corrected chi connectivity index (χ1v) is 17.2. The Kier molecular flexibility index (Phi) is 9.56. The highest BCUT2D eigenvalue weighted by atomic mass is 32.2. The van der Waals surface area contributed by atoms with Crippen LogP contribution in [-0.2, 0) is 21.9 Å². The van der Waals surface area contributed by atoms with Crippen molar-refractivity contribution in [2.45, 2.75) is 56.4 Å². The number of anilines is 1. The van der Waals surface area contributed by atoms with Gasteiger partial charge < -0.3 is 9.84 Å². The van der Waals surface area contributed by atoms with Crippen molar-refractivity contribution in [3.05, 3.63) is 142 Å². The lowest BCUT2D eigenvalue weighted by Gasteiger charge is -2.23. The van der Waals surface area contributed by atoms with Crippen molar-refractivity contribution in [1.29, 1.82) is 0 Å². The summed E-state index contributed by atoms with van der Waals surface area (Å²) in [6.07, 6.45) is 0. The van der Waals surface area contributed by atoms with Gasteiger partial charge >= 0.3 is 5.91 Å². The number of aliphatic hydroxyl groups is 1. The minimum Gasteiger partial charge on any atom is -0.507 e. The van der Waals surface area contributed by atoms with Crippen LogP contribution in [0, 0.1) is 13.8 Å². The van der Waals surface area contributed by atoms with Gasteiger partial charge in [-0.2, -0.15) is 0 Å². The number of ether oxygens (including phenoxy) is 1. The number of benzene rings is 4. The van der Waals surface area contributed by atoms with E-state index < -0.39 is 17.7 Å². The smallest absolute Gasteiger partial charge is 0.301 e. The predicted molar refractivity (Wildman–Crippen MR) is 188 cm³/mol. The molecule has 0 spiro atoms. The standard InChI is InChI=1S/C38H35N3O4S2/c1-23(2)27-13-15-28(16-14-27)33-32(34(42)29-17-19-31(20-18-29)45-21-30-8-6-5-7-25(30)4)35(43)36(44)41(33)37-39-40-38(47-37)46-22-26-11-9-24(3)10-12-26/h5-20,23,33,42H,21-22H2,1-4H3. The van der Waals surface area contributed by atoms with Gasteiger partial charge in [0.05, 0.1) is 11.6 Å². The average Bonchev–Trinajstić information content (AvgIpc) is 3.65. The number of carbonyl (C=O) groups is 2. The van der Waals surface area contributed by atoms with Crippen molar-refractivity contribution in [3.8, 4) is 5.75 Å². The van der Waals surface area contributed by atoms with E-state index in [1.54, 1.807) is 24.3 Å². The molecule has 6 rings (SSSR count).